The molecule has 2 aliphatic carbocycles. The van der Waals surface area contributed by atoms with Crippen molar-refractivity contribution >= 4 is 5.78 Å². The first kappa shape index (κ1) is 12.6. The van der Waals surface area contributed by atoms with Gasteiger partial charge in [-0.25, -0.2) is 0 Å². The van der Waals surface area contributed by atoms with Gasteiger partial charge in [-0.15, -0.1) is 0 Å². The smallest absolute Gasteiger partial charge is 0.152 e. The third-order valence-corrected chi connectivity index (χ3v) is 5.10. The number of ketones is 1. The van der Waals surface area contributed by atoms with Crippen LogP contribution < -0.4 is 0 Å². The average molecular weight is 274 g/mol. The minimum absolute atomic E-state index is 0.204. The van der Waals surface area contributed by atoms with E-state index in [1.807, 2.05) is 36.4 Å². The van der Waals surface area contributed by atoms with E-state index in [0.29, 0.717) is 11.7 Å². The van der Waals surface area contributed by atoms with Gasteiger partial charge in [0.25, 0.3) is 0 Å². The third kappa shape index (κ3) is 1.61. The number of carbonyl (C=O) groups excluding carboxylic acids is 1. The molecular formula is C20H18O. The van der Waals surface area contributed by atoms with Crippen molar-refractivity contribution in [2.45, 2.75) is 18.3 Å². The molecule has 0 heterocycles. The van der Waals surface area contributed by atoms with E-state index in [2.05, 4.69) is 36.4 Å². The molecule has 1 heteroatoms. The Morgan fingerprint density at radius 1 is 0.857 bits per heavy atom. The fourth-order valence-corrected chi connectivity index (χ4v) is 4.17. The summed E-state index contributed by atoms with van der Waals surface area (Å²) in [6.45, 7) is 0. The molecule has 21 heavy (non-hydrogen) atoms. The van der Waals surface area contributed by atoms with Gasteiger partial charge >= 0.3 is 0 Å². The molecular weight excluding hydrogens is 256 g/mol. The van der Waals surface area contributed by atoms with Crippen LogP contribution in [0.3, 0.4) is 0 Å². The first-order valence-electron chi connectivity index (χ1n) is 7.67. The van der Waals surface area contributed by atoms with Crippen LogP contribution in [0, 0.1) is 11.8 Å². The molecule has 0 bridgehead atoms. The van der Waals surface area contributed by atoms with Crippen molar-refractivity contribution < 1.29 is 4.79 Å². The molecule has 2 aromatic rings. The van der Waals surface area contributed by atoms with Crippen LogP contribution in [0.2, 0.25) is 0 Å². The molecule has 2 aliphatic rings. The summed E-state index contributed by atoms with van der Waals surface area (Å²) in [4.78, 5) is 13.1. The molecule has 2 atom stereocenters. The molecule has 2 aromatic carbocycles. The zero-order valence-electron chi connectivity index (χ0n) is 11.9. The Balaban J connectivity index is 1.94. The van der Waals surface area contributed by atoms with Gasteiger partial charge in [0, 0.05) is 11.8 Å². The summed E-state index contributed by atoms with van der Waals surface area (Å²) in [5, 5.41) is 0. The number of rotatable bonds is 2. The summed E-state index contributed by atoms with van der Waals surface area (Å²) in [6.07, 6.45) is 6.55. The molecule has 0 saturated heterocycles. The van der Waals surface area contributed by atoms with E-state index >= 15 is 0 Å². The number of hydrogen-bond acceptors (Lipinski definition) is 1. The zero-order valence-corrected chi connectivity index (χ0v) is 11.9. The molecule has 104 valence electrons. The lowest BCUT2D eigenvalue weighted by Crippen LogP contribution is -2.61. The summed E-state index contributed by atoms with van der Waals surface area (Å²) >= 11 is 0. The Labute approximate surface area is 125 Å². The van der Waals surface area contributed by atoms with Crippen LogP contribution in [0.5, 0.6) is 0 Å². The predicted octanol–water partition coefficient (Wildman–Crippen LogP) is 4.14. The maximum Gasteiger partial charge on any atom is 0.152 e. The average Bonchev–Trinajstić information content (AvgIpc) is 2.57. The zero-order chi connectivity index (χ0) is 14.3. The van der Waals surface area contributed by atoms with E-state index in [4.69, 9.17) is 0 Å². The van der Waals surface area contributed by atoms with Crippen LogP contribution >= 0.6 is 0 Å². The minimum Gasteiger partial charge on any atom is -0.298 e. The largest absolute Gasteiger partial charge is 0.298 e. The maximum absolute atomic E-state index is 13.1. The van der Waals surface area contributed by atoms with E-state index in [1.54, 1.807) is 0 Å². The predicted molar refractivity (Wildman–Crippen MR) is 84.0 cm³/mol. The van der Waals surface area contributed by atoms with Crippen molar-refractivity contribution in [1.29, 1.82) is 0 Å². The van der Waals surface area contributed by atoms with Gasteiger partial charge in [0.2, 0.25) is 0 Å². The summed E-state index contributed by atoms with van der Waals surface area (Å²) in [6, 6.07) is 20.6. The first-order valence-corrected chi connectivity index (χ1v) is 7.67. The molecule has 1 saturated carbocycles. The fraction of sp³-hybridized carbons (Fsp3) is 0.250. The van der Waals surface area contributed by atoms with E-state index in [-0.39, 0.29) is 5.92 Å². The van der Waals surface area contributed by atoms with Gasteiger partial charge in [-0.1, -0.05) is 72.8 Å². The number of carbonyl (C=O) groups is 1. The van der Waals surface area contributed by atoms with E-state index < -0.39 is 5.41 Å². The second kappa shape index (κ2) is 4.70. The number of hydrogen-bond donors (Lipinski definition) is 0. The van der Waals surface area contributed by atoms with Crippen LogP contribution in [0.15, 0.2) is 72.8 Å². The summed E-state index contributed by atoms with van der Waals surface area (Å²) in [5.41, 5.74) is 1.80. The summed E-state index contributed by atoms with van der Waals surface area (Å²) < 4.78 is 0. The molecule has 0 N–H and O–H groups in total. The second-order valence-corrected chi connectivity index (χ2v) is 6.04. The molecule has 4 rings (SSSR count). The van der Waals surface area contributed by atoms with Crippen molar-refractivity contribution in [2.24, 2.45) is 11.8 Å². The van der Waals surface area contributed by atoms with Crippen molar-refractivity contribution in [3.63, 3.8) is 0 Å². The molecule has 0 aromatic heterocycles. The van der Waals surface area contributed by atoms with E-state index in [9.17, 15) is 4.79 Å². The Kier molecular flexibility index (Phi) is 2.81. The number of Topliss-reactive ketones (excluding diaryl/α,β-unsaturated/α-hetero) is 1. The molecule has 0 amide bonds. The molecule has 1 nitrogen and oxygen atoms in total. The Morgan fingerprint density at radius 2 is 1.43 bits per heavy atom. The van der Waals surface area contributed by atoms with Crippen LogP contribution in [0.25, 0.3) is 0 Å². The second-order valence-electron chi connectivity index (χ2n) is 6.04. The van der Waals surface area contributed by atoms with Gasteiger partial charge in [-0.05, 0) is 24.0 Å². The minimum atomic E-state index is -0.468. The van der Waals surface area contributed by atoms with Gasteiger partial charge < -0.3 is 0 Å². The molecule has 0 spiro atoms. The third-order valence-electron chi connectivity index (χ3n) is 5.10. The van der Waals surface area contributed by atoms with Crippen LogP contribution in [-0.4, -0.2) is 5.78 Å². The first-order chi connectivity index (χ1) is 10.3. The lowest BCUT2D eigenvalue weighted by Gasteiger charge is -2.54. The monoisotopic (exact) mass is 274 g/mol. The molecule has 1 fully saturated rings. The summed E-state index contributed by atoms with van der Waals surface area (Å²) in [7, 11) is 0. The van der Waals surface area contributed by atoms with Crippen molar-refractivity contribution in [2.75, 3.05) is 0 Å². The number of allylic oxidation sites excluding steroid dienone is 2. The van der Waals surface area contributed by atoms with Crippen LogP contribution in [0.4, 0.5) is 0 Å². The lowest BCUT2D eigenvalue weighted by molar-refractivity contribution is -0.142. The SMILES string of the molecule is O=C1C2CCC=CC2C1(c1ccccc1)c1ccccc1. The van der Waals surface area contributed by atoms with Crippen LogP contribution in [0.1, 0.15) is 24.0 Å². The van der Waals surface area contributed by atoms with Crippen molar-refractivity contribution in [3.8, 4) is 0 Å². The highest BCUT2D eigenvalue weighted by Gasteiger charge is 2.62. The molecule has 0 radical (unpaired) electrons. The van der Waals surface area contributed by atoms with E-state index in [1.165, 1.54) is 0 Å². The van der Waals surface area contributed by atoms with Crippen molar-refractivity contribution in [3.05, 3.63) is 83.9 Å². The lowest BCUT2D eigenvalue weighted by atomic mass is 9.45. The standard InChI is InChI=1S/C20H18O/c21-19-17-13-7-8-14-18(17)20(19,15-9-3-1-4-10-15)16-11-5-2-6-12-16/h1-6,8-12,14,17-18H,7,13H2. The Hall–Kier alpha value is -2.15. The highest BCUT2D eigenvalue weighted by atomic mass is 16.1. The Morgan fingerprint density at radius 3 is 2.00 bits per heavy atom. The van der Waals surface area contributed by atoms with Gasteiger partial charge in [-0.3, -0.25) is 4.79 Å². The number of benzene rings is 2. The Bertz CT molecular complexity index is 645. The molecule has 2 unspecified atom stereocenters. The van der Waals surface area contributed by atoms with Gasteiger partial charge in [0.1, 0.15) is 0 Å². The quantitative estimate of drug-likeness (QED) is 0.752. The van der Waals surface area contributed by atoms with Gasteiger partial charge in [0.15, 0.2) is 5.78 Å². The van der Waals surface area contributed by atoms with Crippen molar-refractivity contribution in [1.82, 2.24) is 0 Å². The van der Waals surface area contributed by atoms with E-state index in [0.717, 1.165) is 24.0 Å². The van der Waals surface area contributed by atoms with Gasteiger partial charge in [0.05, 0.1) is 5.41 Å². The highest BCUT2D eigenvalue weighted by molar-refractivity contribution is 6.03. The van der Waals surface area contributed by atoms with Crippen LogP contribution in [-0.2, 0) is 10.2 Å². The fourth-order valence-electron chi connectivity index (χ4n) is 4.17. The number of fused-ring (bicyclic) bond motifs is 1. The topological polar surface area (TPSA) is 17.1 Å². The normalized spacial score (nSPS) is 26.0. The highest BCUT2D eigenvalue weighted by Crippen LogP contribution is 2.57. The van der Waals surface area contributed by atoms with Gasteiger partial charge in [-0.2, -0.15) is 0 Å². The summed E-state index contributed by atoms with van der Waals surface area (Å²) in [5.74, 6) is 0.910. The maximum atomic E-state index is 13.1. The molecule has 0 aliphatic heterocycles.